The van der Waals surface area contributed by atoms with Gasteiger partial charge in [-0.25, -0.2) is 0 Å². The molecule has 0 atom stereocenters. The summed E-state index contributed by atoms with van der Waals surface area (Å²) in [5.74, 6) is 1.53. The van der Waals surface area contributed by atoms with E-state index < -0.39 is 0 Å². The van der Waals surface area contributed by atoms with Gasteiger partial charge in [-0.05, 0) is 24.4 Å². The van der Waals surface area contributed by atoms with Gasteiger partial charge in [-0.15, -0.1) is 0 Å². The number of nitrogens with zero attached hydrogens (tertiary/aromatic N) is 3. The minimum absolute atomic E-state index is 0.180. The molecule has 0 radical (unpaired) electrons. The van der Waals surface area contributed by atoms with Crippen molar-refractivity contribution in [3.8, 4) is 6.01 Å². The number of aromatic nitrogens is 3. The van der Waals surface area contributed by atoms with Crippen LogP contribution < -0.4 is 4.74 Å². The second-order valence-corrected chi connectivity index (χ2v) is 4.63. The SMILES string of the molecule is CCOc1nc(Cl)nc(SCC(C)C)n1. The van der Waals surface area contributed by atoms with E-state index in [1.54, 1.807) is 11.8 Å². The highest BCUT2D eigenvalue weighted by Gasteiger charge is 2.06. The summed E-state index contributed by atoms with van der Waals surface area (Å²) in [7, 11) is 0. The van der Waals surface area contributed by atoms with Gasteiger partial charge in [0, 0.05) is 5.75 Å². The fourth-order valence-electron chi connectivity index (χ4n) is 0.814. The minimum atomic E-state index is 0.180. The molecule has 1 aromatic heterocycles. The first kappa shape index (κ1) is 12.5. The Hall–Kier alpha value is -0.550. The zero-order valence-electron chi connectivity index (χ0n) is 9.03. The second kappa shape index (κ2) is 6.12. The quantitative estimate of drug-likeness (QED) is 0.749. The van der Waals surface area contributed by atoms with Gasteiger partial charge in [0.1, 0.15) is 0 Å². The van der Waals surface area contributed by atoms with Crippen molar-refractivity contribution in [2.24, 2.45) is 5.92 Å². The lowest BCUT2D eigenvalue weighted by atomic mass is 10.3. The van der Waals surface area contributed by atoms with E-state index in [2.05, 4.69) is 28.8 Å². The standard InChI is InChI=1S/C9H14ClN3OS/c1-4-14-8-11-7(10)12-9(13-8)15-5-6(2)3/h6H,4-5H2,1-3H3. The lowest BCUT2D eigenvalue weighted by Gasteiger charge is -2.05. The van der Waals surface area contributed by atoms with Gasteiger partial charge in [-0.3, -0.25) is 0 Å². The van der Waals surface area contributed by atoms with Crippen molar-refractivity contribution in [1.29, 1.82) is 0 Å². The van der Waals surface area contributed by atoms with Crippen molar-refractivity contribution < 1.29 is 4.74 Å². The summed E-state index contributed by atoms with van der Waals surface area (Å²) in [6.07, 6.45) is 0. The van der Waals surface area contributed by atoms with Crippen molar-refractivity contribution in [1.82, 2.24) is 15.0 Å². The fraction of sp³-hybridized carbons (Fsp3) is 0.667. The van der Waals surface area contributed by atoms with Crippen LogP contribution in [0.4, 0.5) is 0 Å². The Bertz CT molecular complexity index is 322. The third-order valence-electron chi connectivity index (χ3n) is 1.39. The molecule has 1 aromatic rings. The van der Waals surface area contributed by atoms with E-state index in [9.17, 15) is 0 Å². The summed E-state index contributed by atoms with van der Waals surface area (Å²) >= 11 is 7.30. The van der Waals surface area contributed by atoms with E-state index in [0.717, 1.165) is 5.75 Å². The zero-order valence-corrected chi connectivity index (χ0v) is 10.6. The van der Waals surface area contributed by atoms with Gasteiger partial charge in [-0.2, -0.15) is 15.0 Å². The van der Waals surface area contributed by atoms with Gasteiger partial charge < -0.3 is 4.74 Å². The Morgan fingerprint density at radius 3 is 2.67 bits per heavy atom. The fourth-order valence-corrected chi connectivity index (χ4v) is 1.79. The van der Waals surface area contributed by atoms with Crippen LogP contribution in [0.15, 0.2) is 5.16 Å². The molecule has 1 heterocycles. The monoisotopic (exact) mass is 247 g/mol. The number of hydrogen-bond acceptors (Lipinski definition) is 5. The molecule has 0 bridgehead atoms. The van der Waals surface area contributed by atoms with E-state index in [4.69, 9.17) is 16.3 Å². The van der Waals surface area contributed by atoms with Crippen LogP contribution in [0.1, 0.15) is 20.8 Å². The van der Waals surface area contributed by atoms with Crippen molar-refractivity contribution in [3.05, 3.63) is 5.28 Å². The van der Waals surface area contributed by atoms with Gasteiger partial charge in [0.05, 0.1) is 6.61 Å². The van der Waals surface area contributed by atoms with Crippen LogP contribution in [-0.4, -0.2) is 27.3 Å². The molecule has 1 rings (SSSR count). The summed E-state index contributed by atoms with van der Waals surface area (Å²) in [5, 5.41) is 0.798. The van der Waals surface area contributed by atoms with Gasteiger partial charge >= 0.3 is 6.01 Å². The molecule has 0 amide bonds. The molecule has 0 saturated heterocycles. The lowest BCUT2D eigenvalue weighted by Crippen LogP contribution is -2.01. The molecular formula is C9H14ClN3OS. The normalized spacial score (nSPS) is 10.7. The minimum Gasteiger partial charge on any atom is -0.464 e. The average molecular weight is 248 g/mol. The van der Waals surface area contributed by atoms with E-state index in [0.29, 0.717) is 23.7 Å². The maximum atomic E-state index is 5.75. The molecule has 0 saturated carbocycles. The largest absolute Gasteiger partial charge is 0.464 e. The average Bonchev–Trinajstić information content (AvgIpc) is 2.14. The van der Waals surface area contributed by atoms with Crippen LogP contribution >= 0.6 is 23.4 Å². The molecule has 15 heavy (non-hydrogen) atoms. The highest BCUT2D eigenvalue weighted by Crippen LogP contribution is 2.19. The summed E-state index contributed by atoms with van der Waals surface area (Å²) in [6.45, 7) is 6.67. The highest BCUT2D eigenvalue weighted by molar-refractivity contribution is 7.99. The van der Waals surface area contributed by atoms with E-state index in [1.165, 1.54) is 0 Å². The number of thioether (sulfide) groups is 1. The maximum Gasteiger partial charge on any atom is 0.321 e. The molecule has 0 fully saturated rings. The Morgan fingerprint density at radius 2 is 2.07 bits per heavy atom. The number of hydrogen-bond donors (Lipinski definition) is 0. The van der Waals surface area contributed by atoms with Crippen LogP contribution in [-0.2, 0) is 0 Å². The van der Waals surface area contributed by atoms with Crippen LogP contribution in [0.2, 0.25) is 5.28 Å². The van der Waals surface area contributed by atoms with Crippen LogP contribution in [0.25, 0.3) is 0 Å². The number of ether oxygens (including phenoxy) is 1. The number of rotatable bonds is 5. The Balaban J connectivity index is 2.70. The summed E-state index contributed by atoms with van der Waals surface area (Å²) < 4.78 is 5.17. The topological polar surface area (TPSA) is 47.9 Å². The Kier molecular flexibility index (Phi) is 5.11. The molecule has 4 nitrogen and oxygen atoms in total. The smallest absolute Gasteiger partial charge is 0.321 e. The molecule has 0 aliphatic carbocycles. The van der Waals surface area contributed by atoms with Gasteiger partial charge in [-0.1, -0.05) is 25.6 Å². The van der Waals surface area contributed by atoms with Gasteiger partial charge in [0.15, 0.2) is 5.16 Å². The van der Waals surface area contributed by atoms with Crippen molar-refractivity contribution in [2.75, 3.05) is 12.4 Å². The predicted molar refractivity (Wildman–Crippen MR) is 61.6 cm³/mol. The van der Waals surface area contributed by atoms with Crippen molar-refractivity contribution >= 4 is 23.4 Å². The predicted octanol–water partition coefficient (Wildman–Crippen LogP) is 2.67. The van der Waals surface area contributed by atoms with Crippen LogP contribution in [0.3, 0.4) is 0 Å². The third kappa shape index (κ3) is 4.66. The first-order valence-corrected chi connectivity index (χ1v) is 6.15. The van der Waals surface area contributed by atoms with Crippen molar-refractivity contribution in [3.63, 3.8) is 0 Å². The van der Waals surface area contributed by atoms with E-state index in [1.807, 2.05) is 6.92 Å². The van der Waals surface area contributed by atoms with E-state index in [-0.39, 0.29) is 5.28 Å². The summed E-state index contributed by atoms with van der Waals surface area (Å²) in [5.41, 5.74) is 0. The molecule has 0 unspecified atom stereocenters. The molecule has 6 heteroatoms. The van der Waals surface area contributed by atoms with Crippen LogP contribution in [0, 0.1) is 5.92 Å². The number of halogens is 1. The van der Waals surface area contributed by atoms with Crippen LogP contribution in [0.5, 0.6) is 6.01 Å². The Labute approximate surface area is 98.8 Å². The first-order valence-electron chi connectivity index (χ1n) is 4.79. The summed E-state index contributed by atoms with van der Waals surface area (Å²) in [4.78, 5) is 12.0. The molecule has 0 aromatic carbocycles. The molecule has 84 valence electrons. The molecule has 0 aliphatic rings. The third-order valence-corrected chi connectivity index (χ3v) is 2.83. The van der Waals surface area contributed by atoms with Gasteiger partial charge in [0.2, 0.25) is 5.28 Å². The summed E-state index contributed by atoms with van der Waals surface area (Å²) in [6, 6.07) is 0.295. The second-order valence-electron chi connectivity index (χ2n) is 3.31. The first-order chi connectivity index (χ1) is 7.11. The molecule has 0 aliphatic heterocycles. The Morgan fingerprint density at radius 1 is 1.33 bits per heavy atom. The molecule has 0 spiro atoms. The maximum absolute atomic E-state index is 5.75. The highest BCUT2D eigenvalue weighted by atomic mass is 35.5. The lowest BCUT2D eigenvalue weighted by molar-refractivity contribution is 0.307. The molecule has 0 N–H and O–H groups in total. The zero-order chi connectivity index (χ0) is 11.3. The van der Waals surface area contributed by atoms with Crippen molar-refractivity contribution in [2.45, 2.75) is 25.9 Å². The van der Waals surface area contributed by atoms with E-state index >= 15 is 0 Å². The molecular weight excluding hydrogens is 234 g/mol. The van der Waals surface area contributed by atoms with Gasteiger partial charge in [0.25, 0.3) is 0 Å².